The molecule has 1 rings (SSSR count). The van der Waals surface area contributed by atoms with Crippen molar-refractivity contribution in [3.8, 4) is 0 Å². The van der Waals surface area contributed by atoms with E-state index in [-0.39, 0.29) is 0 Å². The van der Waals surface area contributed by atoms with E-state index in [4.69, 9.17) is 9.47 Å². The summed E-state index contributed by atoms with van der Waals surface area (Å²) in [4.78, 5) is 2.57. The number of hydrogen-bond donors (Lipinski definition) is 1. The zero-order valence-electron chi connectivity index (χ0n) is 13.7. The number of nitrogens with one attached hydrogen (secondary N) is 1. The van der Waals surface area contributed by atoms with Crippen LogP contribution in [0.2, 0.25) is 0 Å². The molecule has 0 amide bonds. The second-order valence-corrected chi connectivity index (χ2v) is 6.10. The van der Waals surface area contributed by atoms with Crippen molar-refractivity contribution in [3.05, 3.63) is 0 Å². The van der Waals surface area contributed by atoms with E-state index < -0.39 is 0 Å². The number of nitrogens with zero attached hydrogens (tertiary/aromatic N) is 1. The largest absolute Gasteiger partial charge is 0.385 e. The zero-order chi connectivity index (χ0) is 14.7. The van der Waals surface area contributed by atoms with E-state index in [1.807, 2.05) is 0 Å². The summed E-state index contributed by atoms with van der Waals surface area (Å²) >= 11 is 0. The predicted molar refractivity (Wildman–Crippen MR) is 84.3 cm³/mol. The zero-order valence-corrected chi connectivity index (χ0v) is 13.7. The van der Waals surface area contributed by atoms with Gasteiger partial charge in [-0.1, -0.05) is 19.8 Å². The third-order valence-electron chi connectivity index (χ3n) is 4.41. The van der Waals surface area contributed by atoms with Gasteiger partial charge in [-0.3, -0.25) is 0 Å². The average Bonchev–Trinajstić information content (AvgIpc) is 2.91. The Morgan fingerprint density at radius 3 is 2.35 bits per heavy atom. The average molecular weight is 286 g/mol. The second kappa shape index (κ2) is 10.6. The summed E-state index contributed by atoms with van der Waals surface area (Å²) in [6.45, 7) is 9.46. The van der Waals surface area contributed by atoms with E-state index in [1.54, 1.807) is 14.2 Å². The molecule has 1 aliphatic rings. The van der Waals surface area contributed by atoms with Crippen molar-refractivity contribution in [2.75, 3.05) is 60.2 Å². The number of hydrogen-bond acceptors (Lipinski definition) is 4. The lowest BCUT2D eigenvalue weighted by Gasteiger charge is -2.35. The fourth-order valence-corrected chi connectivity index (χ4v) is 3.30. The first kappa shape index (κ1) is 17.9. The van der Waals surface area contributed by atoms with Crippen molar-refractivity contribution in [2.45, 2.75) is 39.0 Å². The van der Waals surface area contributed by atoms with Gasteiger partial charge in [-0.05, 0) is 31.2 Å². The van der Waals surface area contributed by atoms with E-state index in [2.05, 4.69) is 17.1 Å². The van der Waals surface area contributed by atoms with Crippen molar-refractivity contribution >= 4 is 0 Å². The maximum atomic E-state index is 5.27. The topological polar surface area (TPSA) is 33.7 Å². The Kier molecular flexibility index (Phi) is 9.44. The van der Waals surface area contributed by atoms with Crippen LogP contribution in [0.15, 0.2) is 0 Å². The van der Waals surface area contributed by atoms with Gasteiger partial charge in [0, 0.05) is 47.0 Å². The maximum Gasteiger partial charge on any atom is 0.0589 e. The first-order valence-electron chi connectivity index (χ1n) is 8.17. The minimum Gasteiger partial charge on any atom is -0.385 e. The second-order valence-electron chi connectivity index (χ2n) is 6.10. The van der Waals surface area contributed by atoms with Gasteiger partial charge in [0.1, 0.15) is 0 Å². The summed E-state index contributed by atoms with van der Waals surface area (Å²) in [5, 5.41) is 3.58. The molecule has 20 heavy (non-hydrogen) atoms. The minimum absolute atomic E-state index is 0.483. The quantitative estimate of drug-likeness (QED) is 0.557. The standard InChI is InChI=1S/C16H34N2O2/c1-4-17-14-16(8-5-6-9-16)15-18(11-13-20-3)10-7-12-19-2/h17H,4-15H2,1-3H3. The summed E-state index contributed by atoms with van der Waals surface area (Å²) in [5.41, 5.74) is 0.483. The fraction of sp³-hybridized carbons (Fsp3) is 1.00. The van der Waals surface area contributed by atoms with E-state index in [9.17, 15) is 0 Å². The van der Waals surface area contributed by atoms with Gasteiger partial charge in [-0.15, -0.1) is 0 Å². The minimum atomic E-state index is 0.483. The van der Waals surface area contributed by atoms with Gasteiger partial charge < -0.3 is 19.7 Å². The molecule has 0 spiro atoms. The van der Waals surface area contributed by atoms with E-state index in [0.29, 0.717) is 5.41 Å². The molecule has 0 atom stereocenters. The van der Waals surface area contributed by atoms with E-state index >= 15 is 0 Å². The molecule has 0 aromatic carbocycles. The van der Waals surface area contributed by atoms with Gasteiger partial charge in [0.05, 0.1) is 6.61 Å². The Bertz CT molecular complexity index is 231. The summed E-state index contributed by atoms with van der Waals surface area (Å²) in [5.74, 6) is 0. The van der Waals surface area contributed by atoms with Crippen LogP contribution in [0.3, 0.4) is 0 Å². The molecule has 0 aromatic heterocycles. The maximum absolute atomic E-state index is 5.27. The highest BCUT2D eigenvalue weighted by Gasteiger charge is 2.34. The number of ether oxygens (including phenoxy) is 2. The van der Waals surface area contributed by atoms with Crippen molar-refractivity contribution in [1.82, 2.24) is 10.2 Å². The molecule has 0 unspecified atom stereocenters. The fourth-order valence-electron chi connectivity index (χ4n) is 3.30. The molecule has 0 aliphatic heterocycles. The van der Waals surface area contributed by atoms with Gasteiger partial charge in [-0.25, -0.2) is 0 Å². The molecular formula is C16H34N2O2. The van der Waals surface area contributed by atoms with Crippen LogP contribution in [0.4, 0.5) is 0 Å². The molecule has 4 heteroatoms. The molecule has 0 aromatic rings. The normalized spacial score (nSPS) is 18.0. The van der Waals surface area contributed by atoms with Crippen LogP contribution in [0.5, 0.6) is 0 Å². The van der Waals surface area contributed by atoms with Crippen molar-refractivity contribution in [2.24, 2.45) is 5.41 Å². The predicted octanol–water partition coefficient (Wildman–Crippen LogP) is 2.14. The SMILES string of the molecule is CCNCC1(CN(CCCOC)CCOC)CCCC1. The molecule has 0 saturated heterocycles. The van der Waals surface area contributed by atoms with Gasteiger partial charge in [0.2, 0.25) is 0 Å². The first-order chi connectivity index (χ1) is 9.76. The Morgan fingerprint density at radius 1 is 1.05 bits per heavy atom. The highest BCUT2D eigenvalue weighted by molar-refractivity contribution is 4.89. The summed E-state index contributed by atoms with van der Waals surface area (Å²) in [6.07, 6.45) is 6.63. The molecule has 1 saturated carbocycles. The smallest absolute Gasteiger partial charge is 0.0589 e. The van der Waals surface area contributed by atoms with Crippen LogP contribution in [0.1, 0.15) is 39.0 Å². The summed E-state index contributed by atoms with van der Waals surface area (Å²) in [7, 11) is 3.57. The van der Waals surface area contributed by atoms with Crippen molar-refractivity contribution < 1.29 is 9.47 Å². The van der Waals surface area contributed by atoms with Gasteiger partial charge >= 0.3 is 0 Å². The molecular weight excluding hydrogens is 252 g/mol. The lowest BCUT2D eigenvalue weighted by molar-refractivity contribution is 0.0953. The molecule has 1 aliphatic carbocycles. The van der Waals surface area contributed by atoms with Crippen LogP contribution in [-0.4, -0.2) is 65.1 Å². The van der Waals surface area contributed by atoms with Crippen molar-refractivity contribution in [1.29, 1.82) is 0 Å². The van der Waals surface area contributed by atoms with Gasteiger partial charge in [0.25, 0.3) is 0 Å². The lowest BCUT2D eigenvalue weighted by Crippen LogP contribution is -2.44. The third kappa shape index (κ3) is 6.53. The molecule has 0 radical (unpaired) electrons. The summed E-state index contributed by atoms with van der Waals surface area (Å²) in [6, 6.07) is 0. The van der Waals surface area contributed by atoms with Crippen LogP contribution in [0.25, 0.3) is 0 Å². The Labute approximate surface area is 125 Å². The van der Waals surface area contributed by atoms with E-state index in [1.165, 1.54) is 32.2 Å². The molecule has 0 heterocycles. The van der Waals surface area contributed by atoms with Crippen LogP contribution >= 0.6 is 0 Å². The Hall–Kier alpha value is -0.160. The lowest BCUT2D eigenvalue weighted by atomic mass is 9.85. The first-order valence-corrected chi connectivity index (χ1v) is 8.17. The Morgan fingerprint density at radius 2 is 1.75 bits per heavy atom. The number of rotatable bonds is 12. The highest BCUT2D eigenvalue weighted by atomic mass is 16.5. The van der Waals surface area contributed by atoms with Crippen molar-refractivity contribution in [3.63, 3.8) is 0 Å². The third-order valence-corrected chi connectivity index (χ3v) is 4.41. The molecule has 1 N–H and O–H groups in total. The highest BCUT2D eigenvalue weighted by Crippen LogP contribution is 2.38. The molecule has 4 nitrogen and oxygen atoms in total. The summed E-state index contributed by atoms with van der Waals surface area (Å²) < 4.78 is 10.5. The van der Waals surface area contributed by atoms with Crippen LogP contribution in [0, 0.1) is 5.41 Å². The number of methoxy groups -OCH3 is 2. The van der Waals surface area contributed by atoms with Gasteiger partial charge in [0.15, 0.2) is 0 Å². The molecule has 120 valence electrons. The van der Waals surface area contributed by atoms with E-state index in [0.717, 1.165) is 45.8 Å². The molecule has 1 fully saturated rings. The Balaban J connectivity index is 2.49. The van der Waals surface area contributed by atoms with Crippen LogP contribution in [-0.2, 0) is 9.47 Å². The van der Waals surface area contributed by atoms with Gasteiger partial charge in [-0.2, -0.15) is 0 Å². The molecule has 0 bridgehead atoms. The monoisotopic (exact) mass is 286 g/mol. The van der Waals surface area contributed by atoms with Crippen LogP contribution < -0.4 is 5.32 Å².